The van der Waals surface area contributed by atoms with Gasteiger partial charge in [0.15, 0.2) is 0 Å². The van der Waals surface area contributed by atoms with E-state index in [2.05, 4.69) is 31.4 Å². The highest BCUT2D eigenvalue weighted by molar-refractivity contribution is 9.10. The molecular weight excluding hydrogens is 374 g/mol. The fourth-order valence-electron chi connectivity index (χ4n) is 2.37. The number of hydrogen-bond donors (Lipinski definition) is 1. The summed E-state index contributed by atoms with van der Waals surface area (Å²) in [6.07, 6.45) is 1.59. The molecule has 0 aliphatic rings. The number of nitrogens with zero attached hydrogens (tertiary/aromatic N) is 4. The predicted molar refractivity (Wildman–Crippen MR) is 97.4 cm³/mol. The fraction of sp³-hybridized carbons (Fsp3) is 0.125. The van der Waals surface area contributed by atoms with Crippen LogP contribution in [0.25, 0.3) is 11.0 Å². The van der Waals surface area contributed by atoms with Gasteiger partial charge in [-0.3, -0.25) is 10.1 Å². The van der Waals surface area contributed by atoms with Gasteiger partial charge in [0.05, 0.1) is 22.2 Å². The zero-order chi connectivity index (χ0) is 17.1. The molecule has 0 atom stereocenters. The number of nitro groups is 1. The van der Waals surface area contributed by atoms with E-state index in [1.54, 1.807) is 12.3 Å². The Morgan fingerprint density at radius 3 is 2.88 bits per heavy atom. The second kappa shape index (κ2) is 6.79. The van der Waals surface area contributed by atoms with Crippen LogP contribution >= 0.6 is 15.9 Å². The number of anilines is 1. The third-order valence-corrected chi connectivity index (χ3v) is 4.22. The lowest BCUT2D eigenvalue weighted by Crippen LogP contribution is -2.02. The molecule has 7 nitrogen and oxygen atoms in total. The minimum atomic E-state index is -0.437. The smallest absolute Gasteiger partial charge is 0.270 e. The van der Waals surface area contributed by atoms with Gasteiger partial charge in [-0.25, -0.2) is 10.4 Å². The number of fused-ring (bicyclic) bond motifs is 1. The van der Waals surface area contributed by atoms with Crippen molar-refractivity contribution in [2.24, 2.45) is 5.10 Å². The van der Waals surface area contributed by atoms with Gasteiger partial charge in [0.25, 0.3) is 5.69 Å². The molecule has 3 rings (SSSR count). The molecular formula is C16H14BrN5O2. The van der Waals surface area contributed by atoms with E-state index in [0.29, 0.717) is 10.4 Å². The predicted octanol–water partition coefficient (Wildman–Crippen LogP) is 4.17. The molecule has 3 aromatic rings. The number of hydrogen-bond acceptors (Lipinski definition) is 5. The number of para-hydroxylation sites is 2. The van der Waals surface area contributed by atoms with Crippen LogP contribution in [0.15, 0.2) is 52.0 Å². The normalized spacial score (nSPS) is 11.2. The number of aryl methyl sites for hydroxylation is 1. The average molecular weight is 388 g/mol. The quantitative estimate of drug-likeness (QED) is 0.404. The molecule has 0 saturated carbocycles. The maximum atomic E-state index is 10.7. The van der Waals surface area contributed by atoms with Crippen LogP contribution in [0.1, 0.15) is 12.5 Å². The van der Waals surface area contributed by atoms with Gasteiger partial charge in [0.2, 0.25) is 5.95 Å². The topological polar surface area (TPSA) is 85.3 Å². The van der Waals surface area contributed by atoms with Crippen LogP contribution in [-0.2, 0) is 6.54 Å². The van der Waals surface area contributed by atoms with E-state index in [9.17, 15) is 10.1 Å². The van der Waals surface area contributed by atoms with E-state index in [4.69, 9.17) is 0 Å². The number of nitrogens with one attached hydrogen (secondary N) is 1. The first-order valence-electron chi connectivity index (χ1n) is 7.28. The largest absolute Gasteiger partial charge is 0.309 e. The summed E-state index contributed by atoms with van der Waals surface area (Å²) in [6.45, 7) is 2.80. The van der Waals surface area contributed by atoms with Crippen molar-refractivity contribution < 1.29 is 4.92 Å². The second-order valence-electron chi connectivity index (χ2n) is 5.00. The summed E-state index contributed by atoms with van der Waals surface area (Å²) in [4.78, 5) is 14.8. The number of halogens is 1. The monoisotopic (exact) mass is 387 g/mol. The Balaban J connectivity index is 1.83. The summed E-state index contributed by atoms with van der Waals surface area (Å²) in [5, 5.41) is 14.9. The maximum absolute atomic E-state index is 10.7. The molecule has 0 aliphatic heterocycles. The van der Waals surface area contributed by atoms with Crippen LogP contribution in [0.4, 0.5) is 11.6 Å². The zero-order valence-electron chi connectivity index (χ0n) is 12.8. The van der Waals surface area contributed by atoms with E-state index >= 15 is 0 Å². The lowest BCUT2D eigenvalue weighted by molar-refractivity contribution is -0.384. The van der Waals surface area contributed by atoms with Crippen molar-refractivity contribution in [3.63, 3.8) is 0 Å². The van der Waals surface area contributed by atoms with Crippen LogP contribution in [0.2, 0.25) is 0 Å². The molecule has 0 saturated heterocycles. The Morgan fingerprint density at radius 1 is 1.38 bits per heavy atom. The SMILES string of the molecule is CCn1c(N/N=C\c2ccc([N+](=O)[O-])cc2Br)nc2ccccc21. The molecule has 2 aromatic carbocycles. The first-order chi connectivity index (χ1) is 11.6. The molecule has 24 heavy (non-hydrogen) atoms. The minimum Gasteiger partial charge on any atom is -0.309 e. The number of non-ortho nitro benzene ring substituents is 1. The van der Waals surface area contributed by atoms with Gasteiger partial charge < -0.3 is 4.57 Å². The standard InChI is InChI=1S/C16H14BrN5O2/c1-2-21-15-6-4-3-5-14(15)19-16(21)20-18-10-11-7-8-12(22(23)24)9-13(11)17/h3-10H,2H2,1H3,(H,19,20)/b18-10-. The Kier molecular flexibility index (Phi) is 4.57. The van der Waals surface area contributed by atoms with E-state index < -0.39 is 4.92 Å². The fourth-order valence-corrected chi connectivity index (χ4v) is 2.84. The number of nitro benzene ring substituents is 1. The van der Waals surface area contributed by atoms with Crippen molar-refractivity contribution in [1.29, 1.82) is 0 Å². The van der Waals surface area contributed by atoms with Gasteiger partial charge >= 0.3 is 0 Å². The van der Waals surface area contributed by atoms with Crippen molar-refractivity contribution in [2.45, 2.75) is 13.5 Å². The third-order valence-electron chi connectivity index (χ3n) is 3.53. The molecule has 0 fully saturated rings. The van der Waals surface area contributed by atoms with Crippen LogP contribution in [0, 0.1) is 10.1 Å². The molecule has 0 radical (unpaired) electrons. The molecule has 0 spiro atoms. The van der Waals surface area contributed by atoms with E-state index in [-0.39, 0.29) is 5.69 Å². The lowest BCUT2D eigenvalue weighted by atomic mass is 10.2. The average Bonchev–Trinajstić information content (AvgIpc) is 2.93. The molecule has 122 valence electrons. The highest BCUT2D eigenvalue weighted by Crippen LogP contribution is 2.22. The first-order valence-corrected chi connectivity index (χ1v) is 8.07. The Labute approximate surface area is 146 Å². The Hall–Kier alpha value is -2.74. The van der Waals surface area contributed by atoms with Gasteiger partial charge in [-0.2, -0.15) is 5.10 Å². The summed E-state index contributed by atoms with van der Waals surface area (Å²) >= 11 is 3.31. The highest BCUT2D eigenvalue weighted by atomic mass is 79.9. The van der Waals surface area contributed by atoms with Crippen LogP contribution < -0.4 is 5.43 Å². The summed E-state index contributed by atoms with van der Waals surface area (Å²) in [7, 11) is 0. The van der Waals surface area contributed by atoms with Gasteiger partial charge in [0, 0.05) is 28.7 Å². The van der Waals surface area contributed by atoms with Gasteiger partial charge in [0.1, 0.15) is 0 Å². The van der Waals surface area contributed by atoms with Crippen molar-refractivity contribution in [1.82, 2.24) is 9.55 Å². The molecule has 0 aliphatic carbocycles. The molecule has 0 amide bonds. The van der Waals surface area contributed by atoms with Crippen LogP contribution in [0.3, 0.4) is 0 Å². The van der Waals surface area contributed by atoms with Gasteiger partial charge in [-0.05, 0) is 41.1 Å². The number of benzene rings is 2. The Bertz CT molecular complexity index is 935. The lowest BCUT2D eigenvalue weighted by Gasteiger charge is -2.04. The van der Waals surface area contributed by atoms with Crippen molar-refractivity contribution in [3.05, 3.63) is 62.6 Å². The molecule has 1 aromatic heterocycles. The third kappa shape index (κ3) is 3.13. The first kappa shape index (κ1) is 16.1. The number of hydrazone groups is 1. The zero-order valence-corrected chi connectivity index (χ0v) is 14.4. The summed E-state index contributed by atoms with van der Waals surface area (Å²) in [6, 6.07) is 12.4. The molecule has 1 heterocycles. The Morgan fingerprint density at radius 2 is 2.17 bits per heavy atom. The van der Waals surface area contributed by atoms with E-state index in [0.717, 1.165) is 23.1 Å². The molecule has 1 N–H and O–H groups in total. The molecule has 8 heteroatoms. The summed E-state index contributed by atoms with van der Waals surface area (Å²) in [5.74, 6) is 0.646. The maximum Gasteiger partial charge on any atom is 0.270 e. The van der Waals surface area contributed by atoms with Crippen molar-refractivity contribution in [3.8, 4) is 0 Å². The number of imidazole rings is 1. The minimum absolute atomic E-state index is 0.0276. The number of aromatic nitrogens is 2. The summed E-state index contributed by atoms with van der Waals surface area (Å²) < 4.78 is 2.63. The van der Waals surface area contributed by atoms with Crippen LogP contribution in [0.5, 0.6) is 0 Å². The van der Waals surface area contributed by atoms with Crippen molar-refractivity contribution >= 4 is 44.8 Å². The molecule has 0 bridgehead atoms. The second-order valence-corrected chi connectivity index (χ2v) is 5.86. The number of rotatable bonds is 5. The molecule has 0 unspecified atom stereocenters. The highest BCUT2D eigenvalue weighted by Gasteiger charge is 2.09. The summed E-state index contributed by atoms with van der Waals surface area (Å²) in [5.41, 5.74) is 5.62. The van der Waals surface area contributed by atoms with Crippen LogP contribution in [-0.4, -0.2) is 20.7 Å². The van der Waals surface area contributed by atoms with E-state index in [1.165, 1.54) is 12.1 Å². The van der Waals surface area contributed by atoms with E-state index in [1.807, 2.05) is 35.8 Å². The van der Waals surface area contributed by atoms with Gasteiger partial charge in [-0.15, -0.1) is 0 Å². The van der Waals surface area contributed by atoms with Crippen molar-refractivity contribution in [2.75, 3.05) is 5.43 Å². The van der Waals surface area contributed by atoms with Gasteiger partial charge in [-0.1, -0.05) is 12.1 Å².